The highest BCUT2D eigenvalue weighted by molar-refractivity contribution is 6.01. The van der Waals surface area contributed by atoms with E-state index in [9.17, 15) is 15.0 Å². The van der Waals surface area contributed by atoms with Crippen molar-refractivity contribution in [3.05, 3.63) is 34.6 Å². The second kappa shape index (κ2) is 6.45. The number of aromatic hydroxyl groups is 1. The molecule has 0 spiro atoms. The first-order valence-electron chi connectivity index (χ1n) is 7.66. The molecule has 0 bridgehead atoms. The van der Waals surface area contributed by atoms with E-state index in [1.165, 1.54) is 14.2 Å². The van der Waals surface area contributed by atoms with Gasteiger partial charge in [-0.1, -0.05) is 0 Å². The van der Waals surface area contributed by atoms with Gasteiger partial charge in [0.15, 0.2) is 11.9 Å². The molecule has 0 saturated carbocycles. The van der Waals surface area contributed by atoms with Gasteiger partial charge in [-0.15, -0.1) is 0 Å². The number of ketones is 1. The number of aliphatic hydroxyl groups excluding tert-OH is 1. The largest absolute Gasteiger partial charge is 0.508 e. The minimum Gasteiger partial charge on any atom is -0.508 e. The SMILES string of the molecule is COC1=C(C)C(=O)[C@@H](O)[C@](C)(OC)[C@H]1Oc1cc(C)cc(O)c1C. The van der Waals surface area contributed by atoms with Crippen LogP contribution in [0.25, 0.3) is 0 Å². The first-order valence-corrected chi connectivity index (χ1v) is 7.66. The van der Waals surface area contributed by atoms with Crippen LogP contribution in [0, 0.1) is 13.8 Å². The minimum absolute atomic E-state index is 0.108. The number of phenolic OH excluding ortho intramolecular Hbond substituents is 1. The van der Waals surface area contributed by atoms with Crippen molar-refractivity contribution in [1.82, 2.24) is 0 Å². The fourth-order valence-corrected chi connectivity index (χ4v) is 2.89. The van der Waals surface area contributed by atoms with Crippen molar-refractivity contribution in [3.63, 3.8) is 0 Å². The molecule has 3 atom stereocenters. The van der Waals surface area contributed by atoms with Crippen molar-refractivity contribution in [2.45, 2.75) is 45.5 Å². The van der Waals surface area contributed by atoms with Gasteiger partial charge in [-0.2, -0.15) is 0 Å². The van der Waals surface area contributed by atoms with Crippen LogP contribution in [0.4, 0.5) is 0 Å². The maximum atomic E-state index is 12.3. The van der Waals surface area contributed by atoms with Gasteiger partial charge in [0.25, 0.3) is 0 Å². The Morgan fingerprint density at radius 3 is 2.33 bits per heavy atom. The molecule has 0 amide bonds. The molecule has 1 aliphatic carbocycles. The number of hydrogen-bond donors (Lipinski definition) is 2. The first kappa shape index (κ1) is 18.3. The summed E-state index contributed by atoms with van der Waals surface area (Å²) in [6.45, 7) is 6.73. The molecule has 0 unspecified atom stereocenters. The molecule has 6 nitrogen and oxygen atoms in total. The molecule has 0 fully saturated rings. The molecule has 0 radical (unpaired) electrons. The fraction of sp³-hybridized carbons (Fsp3) is 0.500. The molecule has 1 aliphatic rings. The molecule has 0 aromatic heterocycles. The zero-order valence-corrected chi connectivity index (χ0v) is 14.8. The van der Waals surface area contributed by atoms with Gasteiger partial charge in [-0.05, 0) is 45.4 Å². The number of hydrogen-bond acceptors (Lipinski definition) is 6. The lowest BCUT2D eigenvalue weighted by atomic mass is 9.79. The highest BCUT2D eigenvalue weighted by Crippen LogP contribution is 2.39. The maximum absolute atomic E-state index is 12.3. The Labute approximate surface area is 141 Å². The summed E-state index contributed by atoms with van der Waals surface area (Å²) >= 11 is 0. The van der Waals surface area contributed by atoms with E-state index in [0.29, 0.717) is 22.6 Å². The first-order chi connectivity index (χ1) is 11.2. The Morgan fingerprint density at radius 1 is 1.17 bits per heavy atom. The molecule has 0 heterocycles. The van der Waals surface area contributed by atoms with Crippen LogP contribution < -0.4 is 4.74 Å². The van der Waals surface area contributed by atoms with Crippen molar-refractivity contribution in [3.8, 4) is 11.5 Å². The Morgan fingerprint density at radius 2 is 1.79 bits per heavy atom. The second-order valence-electron chi connectivity index (χ2n) is 6.25. The van der Waals surface area contributed by atoms with Gasteiger partial charge >= 0.3 is 0 Å². The van der Waals surface area contributed by atoms with E-state index in [1.54, 1.807) is 32.9 Å². The van der Waals surface area contributed by atoms with Crippen molar-refractivity contribution < 1.29 is 29.2 Å². The van der Waals surface area contributed by atoms with Crippen LogP contribution in [-0.2, 0) is 14.3 Å². The van der Waals surface area contributed by atoms with E-state index in [0.717, 1.165) is 5.56 Å². The van der Waals surface area contributed by atoms with Gasteiger partial charge in [0.1, 0.15) is 29.0 Å². The molecule has 2 N–H and O–H groups in total. The molecular formula is C18H24O6. The highest BCUT2D eigenvalue weighted by Gasteiger charge is 2.54. The van der Waals surface area contributed by atoms with E-state index >= 15 is 0 Å². The Balaban J connectivity index is 2.58. The Bertz CT molecular complexity index is 693. The number of aliphatic hydroxyl groups is 1. The van der Waals surface area contributed by atoms with Gasteiger partial charge in [-0.25, -0.2) is 0 Å². The van der Waals surface area contributed by atoms with Crippen molar-refractivity contribution in [2.75, 3.05) is 14.2 Å². The number of carbonyl (C=O) groups excluding carboxylic acids is 1. The van der Waals surface area contributed by atoms with Crippen molar-refractivity contribution in [1.29, 1.82) is 0 Å². The summed E-state index contributed by atoms with van der Waals surface area (Å²) in [6, 6.07) is 3.41. The molecule has 24 heavy (non-hydrogen) atoms. The standard InChI is InChI=1S/C18H24O6/c1-9-7-12(19)10(2)13(8-9)24-17-15(22-5)11(3)14(20)16(21)18(17,4)23-6/h7-8,16-17,19,21H,1-6H3/t16-,17+,18+/m1/s1. The average molecular weight is 336 g/mol. The van der Waals surface area contributed by atoms with Crippen LogP contribution >= 0.6 is 0 Å². The van der Waals surface area contributed by atoms with E-state index in [2.05, 4.69) is 0 Å². The summed E-state index contributed by atoms with van der Waals surface area (Å²) in [5, 5.41) is 20.4. The van der Waals surface area contributed by atoms with Gasteiger partial charge < -0.3 is 24.4 Å². The number of ether oxygens (including phenoxy) is 3. The fourth-order valence-electron chi connectivity index (χ4n) is 2.89. The van der Waals surface area contributed by atoms with Crippen LogP contribution in [0.15, 0.2) is 23.5 Å². The van der Waals surface area contributed by atoms with Gasteiger partial charge in [0, 0.05) is 18.2 Å². The van der Waals surface area contributed by atoms with Gasteiger partial charge in [-0.3, -0.25) is 4.79 Å². The third-order valence-electron chi connectivity index (χ3n) is 4.67. The molecule has 0 saturated heterocycles. The molecular weight excluding hydrogens is 312 g/mol. The topological polar surface area (TPSA) is 85.2 Å². The third kappa shape index (κ3) is 2.76. The smallest absolute Gasteiger partial charge is 0.193 e. The van der Waals surface area contributed by atoms with Crippen LogP contribution in [-0.4, -0.2) is 48.0 Å². The predicted octanol–water partition coefficient (Wildman–Crippen LogP) is 2.03. The van der Waals surface area contributed by atoms with Crippen LogP contribution in [0.3, 0.4) is 0 Å². The summed E-state index contributed by atoms with van der Waals surface area (Å²) in [6.07, 6.45) is -2.23. The number of carbonyl (C=O) groups is 1. The lowest BCUT2D eigenvalue weighted by molar-refractivity contribution is -0.167. The normalized spacial score (nSPS) is 27.4. The summed E-state index contributed by atoms with van der Waals surface area (Å²) in [7, 11) is 2.85. The van der Waals surface area contributed by atoms with E-state index < -0.39 is 23.6 Å². The van der Waals surface area contributed by atoms with Crippen LogP contribution in [0.5, 0.6) is 11.5 Å². The number of rotatable bonds is 4. The number of benzene rings is 1. The van der Waals surface area contributed by atoms with Gasteiger partial charge in [0.05, 0.1) is 7.11 Å². The highest BCUT2D eigenvalue weighted by atomic mass is 16.6. The molecule has 1 aromatic rings. The molecule has 132 valence electrons. The Kier molecular flexibility index (Phi) is 4.92. The minimum atomic E-state index is -1.38. The summed E-state index contributed by atoms with van der Waals surface area (Å²) in [4.78, 5) is 12.3. The van der Waals surface area contributed by atoms with E-state index in [4.69, 9.17) is 14.2 Å². The quantitative estimate of drug-likeness (QED) is 0.875. The zero-order chi connectivity index (χ0) is 18.2. The van der Waals surface area contributed by atoms with Crippen LogP contribution in [0.1, 0.15) is 25.0 Å². The number of phenols is 1. The predicted molar refractivity (Wildman–Crippen MR) is 88.1 cm³/mol. The number of methoxy groups -OCH3 is 2. The zero-order valence-electron chi connectivity index (χ0n) is 14.8. The van der Waals surface area contributed by atoms with E-state index in [1.807, 2.05) is 6.92 Å². The molecule has 0 aliphatic heterocycles. The Hall–Kier alpha value is -2.05. The lowest BCUT2D eigenvalue weighted by Gasteiger charge is -2.43. The summed E-state index contributed by atoms with van der Waals surface area (Å²) in [5.41, 5.74) is 0.338. The molecule has 6 heteroatoms. The molecule has 1 aromatic carbocycles. The summed E-state index contributed by atoms with van der Waals surface area (Å²) in [5.74, 6) is 0.385. The van der Waals surface area contributed by atoms with Crippen LogP contribution in [0.2, 0.25) is 0 Å². The second-order valence-corrected chi connectivity index (χ2v) is 6.25. The van der Waals surface area contributed by atoms with Gasteiger partial charge in [0.2, 0.25) is 0 Å². The maximum Gasteiger partial charge on any atom is 0.193 e. The summed E-state index contributed by atoms with van der Waals surface area (Å²) < 4.78 is 16.9. The number of Topliss-reactive ketones (excluding diaryl/α,β-unsaturated/α-hetero) is 1. The lowest BCUT2D eigenvalue weighted by Crippen LogP contribution is -2.61. The van der Waals surface area contributed by atoms with E-state index in [-0.39, 0.29) is 5.75 Å². The monoisotopic (exact) mass is 336 g/mol. The third-order valence-corrected chi connectivity index (χ3v) is 4.67. The average Bonchev–Trinajstić information content (AvgIpc) is 2.55. The van der Waals surface area contributed by atoms with Crippen molar-refractivity contribution in [2.24, 2.45) is 0 Å². The number of aryl methyl sites for hydroxylation is 1. The molecule has 2 rings (SSSR count). The van der Waals surface area contributed by atoms with Crippen molar-refractivity contribution >= 4 is 5.78 Å².